The molecule has 0 saturated heterocycles. The number of aromatic nitrogens is 4. The van der Waals surface area contributed by atoms with Crippen molar-refractivity contribution in [3.8, 4) is 0 Å². The molecule has 2 aromatic heterocycles. The first-order valence-electron chi connectivity index (χ1n) is 9.06. The molecule has 0 aliphatic heterocycles. The van der Waals surface area contributed by atoms with Crippen molar-refractivity contribution < 1.29 is 9.53 Å². The zero-order valence-electron chi connectivity index (χ0n) is 15.2. The predicted octanol–water partition coefficient (Wildman–Crippen LogP) is 2.50. The Morgan fingerprint density at radius 1 is 1.31 bits per heavy atom. The fourth-order valence-electron chi connectivity index (χ4n) is 3.93. The molecule has 1 fully saturated rings. The minimum Gasteiger partial charge on any atom is -0.375 e. The maximum Gasteiger partial charge on any atom is 0.249 e. The van der Waals surface area contributed by atoms with Crippen LogP contribution in [0, 0.1) is 6.92 Å². The van der Waals surface area contributed by atoms with E-state index in [1.54, 1.807) is 11.6 Å². The van der Waals surface area contributed by atoms with Crippen LogP contribution in [0.15, 0.2) is 24.3 Å². The van der Waals surface area contributed by atoms with E-state index in [1.165, 1.54) is 18.4 Å². The van der Waals surface area contributed by atoms with Gasteiger partial charge >= 0.3 is 0 Å². The third-order valence-corrected chi connectivity index (χ3v) is 5.19. The van der Waals surface area contributed by atoms with Crippen LogP contribution in [0.25, 0.3) is 16.6 Å². The van der Waals surface area contributed by atoms with Gasteiger partial charge in [-0.05, 0) is 48.4 Å². The van der Waals surface area contributed by atoms with Gasteiger partial charge in [0.1, 0.15) is 6.61 Å². The highest BCUT2D eigenvalue weighted by Gasteiger charge is 2.27. The van der Waals surface area contributed by atoms with Crippen LogP contribution in [-0.2, 0) is 16.1 Å². The van der Waals surface area contributed by atoms with Gasteiger partial charge in [-0.3, -0.25) is 4.79 Å². The predicted molar refractivity (Wildman–Crippen MR) is 97.7 cm³/mol. The number of tetrazole rings is 1. The van der Waals surface area contributed by atoms with E-state index in [4.69, 9.17) is 4.74 Å². The largest absolute Gasteiger partial charge is 0.375 e. The zero-order chi connectivity index (χ0) is 18.1. The Morgan fingerprint density at radius 2 is 2.12 bits per heavy atom. The standard InChI is InChI=1S/C19H23N5O2/c1-13-7-8-17-14(9-13)10-15(19-20-21-22-24(17)19)11-23(18(25)12-26-2)16-5-3-4-6-16/h7-10,16H,3-6,11-12H2,1-2H3. The molecule has 1 aromatic carbocycles. The molecule has 1 amide bonds. The highest BCUT2D eigenvalue weighted by Crippen LogP contribution is 2.27. The summed E-state index contributed by atoms with van der Waals surface area (Å²) < 4.78 is 6.87. The van der Waals surface area contributed by atoms with Gasteiger partial charge in [-0.15, -0.1) is 5.10 Å². The smallest absolute Gasteiger partial charge is 0.249 e. The molecule has 7 nitrogen and oxygen atoms in total. The third-order valence-electron chi connectivity index (χ3n) is 5.19. The molecule has 3 aromatic rings. The highest BCUT2D eigenvalue weighted by molar-refractivity contribution is 5.84. The van der Waals surface area contributed by atoms with Gasteiger partial charge in [0.2, 0.25) is 5.91 Å². The van der Waals surface area contributed by atoms with Crippen LogP contribution in [0.2, 0.25) is 0 Å². The number of amides is 1. The minimum absolute atomic E-state index is 0.0226. The average molecular weight is 353 g/mol. The van der Waals surface area contributed by atoms with Crippen molar-refractivity contribution >= 4 is 22.5 Å². The molecule has 136 valence electrons. The molecule has 0 spiro atoms. The van der Waals surface area contributed by atoms with Crippen LogP contribution in [0.1, 0.15) is 36.8 Å². The third kappa shape index (κ3) is 3.03. The quantitative estimate of drug-likeness (QED) is 0.705. The number of benzene rings is 1. The molecule has 4 rings (SSSR count). The first kappa shape index (κ1) is 16.9. The first-order chi connectivity index (χ1) is 12.7. The fraction of sp³-hybridized carbons (Fsp3) is 0.474. The molecule has 1 saturated carbocycles. The minimum atomic E-state index is 0.0226. The number of ether oxygens (including phenoxy) is 1. The molecule has 0 atom stereocenters. The Balaban J connectivity index is 1.77. The Labute approximate surface area is 151 Å². The molecule has 0 unspecified atom stereocenters. The number of hydrogen-bond acceptors (Lipinski definition) is 5. The normalized spacial score (nSPS) is 15.2. The van der Waals surface area contributed by atoms with Crippen molar-refractivity contribution in [2.45, 2.75) is 45.2 Å². The van der Waals surface area contributed by atoms with Gasteiger partial charge in [0.25, 0.3) is 0 Å². The number of pyridine rings is 1. The molecule has 7 heteroatoms. The number of methoxy groups -OCH3 is 1. The van der Waals surface area contributed by atoms with E-state index in [1.807, 2.05) is 11.0 Å². The van der Waals surface area contributed by atoms with Crippen LogP contribution in [-0.4, -0.2) is 50.6 Å². The van der Waals surface area contributed by atoms with Gasteiger partial charge < -0.3 is 9.64 Å². The first-order valence-corrected chi connectivity index (χ1v) is 9.06. The molecule has 0 radical (unpaired) electrons. The van der Waals surface area contributed by atoms with E-state index in [9.17, 15) is 4.79 Å². The summed E-state index contributed by atoms with van der Waals surface area (Å²) in [5.41, 5.74) is 3.81. The molecule has 1 aliphatic carbocycles. The summed E-state index contributed by atoms with van der Waals surface area (Å²) >= 11 is 0. The van der Waals surface area contributed by atoms with Gasteiger partial charge in [-0.1, -0.05) is 24.5 Å². The lowest BCUT2D eigenvalue weighted by Gasteiger charge is -2.29. The van der Waals surface area contributed by atoms with Crippen molar-refractivity contribution in [1.29, 1.82) is 0 Å². The molecular formula is C19H23N5O2. The van der Waals surface area contributed by atoms with Gasteiger partial charge in [-0.2, -0.15) is 4.52 Å². The lowest BCUT2D eigenvalue weighted by Crippen LogP contribution is -2.40. The number of carbonyl (C=O) groups excluding carboxylic acids is 1. The lowest BCUT2D eigenvalue weighted by molar-refractivity contribution is -0.138. The second-order valence-corrected chi connectivity index (χ2v) is 7.04. The van der Waals surface area contributed by atoms with Gasteiger partial charge in [0.05, 0.1) is 5.52 Å². The van der Waals surface area contributed by atoms with E-state index in [0.29, 0.717) is 12.2 Å². The van der Waals surface area contributed by atoms with Gasteiger partial charge in [-0.25, -0.2) is 0 Å². The topological polar surface area (TPSA) is 72.6 Å². The fourth-order valence-corrected chi connectivity index (χ4v) is 3.93. The van der Waals surface area contributed by atoms with Crippen LogP contribution >= 0.6 is 0 Å². The van der Waals surface area contributed by atoms with E-state index < -0.39 is 0 Å². The van der Waals surface area contributed by atoms with E-state index >= 15 is 0 Å². The second-order valence-electron chi connectivity index (χ2n) is 7.04. The van der Waals surface area contributed by atoms with Crippen molar-refractivity contribution in [3.63, 3.8) is 0 Å². The van der Waals surface area contributed by atoms with Crippen LogP contribution in [0.5, 0.6) is 0 Å². The molecular weight excluding hydrogens is 330 g/mol. The second kappa shape index (κ2) is 6.99. The number of fused-ring (bicyclic) bond motifs is 3. The summed E-state index contributed by atoms with van der Waals surface area (Å²) in [6.07, 6.45) is 4.42. The molecule has 0 bridgehead atoms. The number of hydrogen-bond donors (Lipinski definition) is 0. The van der Waals surface area contributed by atoms with Gasteiger partial charge in [0.15, 0.2) is 5.65 Å². The SMILES string of the molecule is COCC(=O)N(Cc1cc2cc(C)ccc2n2nnnc12)C1CCCC1. The molecule has 0 N–H and O–H groups in total. The van der Waals surface area contributed by atoms with Crippen LogP contribution in [0.3, 0.4) is 0 Å². The van der Waals surface area contributed by atoms with Crippen molar-refractivity contribution in [1.82, 2.24) is 24.9 Å². The molecule has 26 heavy (non-hydrogen) atoms. The summed E-state index contributed by atoms with van der Waals surface area (Å²) in [4.78, 5) is 14.6. The van der Waals surface area contributed by atoms with Gasteiger partial charge in [0, 0.05) is 30.6 Å². The summed E-state index contributed by atoms with van der Waals surface area (Å²) in [5, 5.41) is 13.3. The number of rotatable bonds is 5. The zero-order valence-corrected chi connectivity index (χ0v) is 15.2. The Hall–Kier alpha value is -2.54. The van der Waals surface area contributed by atoms with E-state index in [-0.39, 0.29) is 18.6 Å². The average Bonchev–Trinajstić information content (AvgIpc) is 3.31. The summed E-state index contributed by atoms with van der Waals surface area (Å²) in [6.45, 7) is 2.67. The number of nitrogens with zero attached hydrogens (tertiary/aromatic N) is 5. The summed E-state index contributed by atoms with van der Waals surface area (Å²) in [7, 11) is 1.56. The summed E-state index contributed by atoms with van der Waals surface area (Å²) in [5.74, 6) is 0.0226. The maximum atomic E-state index is 12.7. The van der Waals surface area contributed by atoms with E-state index in [2.05, 4.69) is 40.6 Å². The van der Waals surface area contributed by atoms with Crippen LogP contribution in [0.4, 0.5) is 0 Å². The highest BCUT2D eigenvalue weighted by atomic mass is 16.5. The number of aryl methyl sites for hydroxylation is 1. The van der Waals surface area contributed by atoms with Crippen LogP contribution < -0.4 is 0 Å². The maximum absolute atomic E-state index is 12.7. The number of carbonyl (C=O) groups is 1. The molecule has 1 aliphatic rings. The Kier molecular flexibility index (Phi) is 4.55. The Bertz CT molecular complexity index is 946. The summed E-state index contributed by atoms with van der Waals surface area (Å²) in [6, 6.07) is 8.58. The van der Waals surface area contributed by atoms with Crippen molar-refractivity contribution in [2.75, 3.05) is 13.7 Å². The Morgan fingerprint density at radius 3 is 2.88 bits per heavy atom. The van der Waals surface area contributed by atoms with Crippen molar-refractivity contribution in [3.05, 3.63) is 35.4 Å². The van der Waals surface area contributed by atoms with Crippen molar-refractivity contribution in [2.24, 2.45) is 0 Å². The molecule has 2 heterocycles. The lowest BCUT2D eigenvalue weighted by atomic mass is 10.1. The monoisotopic (exact) mass is 353 g/mol. The van der Waals surface area contributed by atoms with E-state index in [0.717, 1.165) is 29.3 Å².